The quantitative estimate of drug-likeness (QED) is 0.803. The minimum absolute atomic E-state index is 0.0848. The van der Waals surface area contributed by atoms with Crippen molar-refractivity contribution in [2.75, 3.05) is 49.4 Å². The fourth-order valence-electron chi connectivity index (χ4n) is 1.98. The smallest absolute Gasteiger partial charge is 0.350 e. The molecule has 7 nitrogen and oxygen atoms in total. The van der Waals surface area contributed by atoms with Crippen molar-refractivity contribution in [1.82, 2.24) is 0 Å². The van der Waals surface area contributed by atoms with Crippen LogP contribution in [0.3, 0.4) is 0 Å². The van der Waals surface area contributed by atoms with Crippen molar-refractivity contribution >= 4 is 37.8 Å². The van der Waals surface area contributed by atoms with E-state index in [2.05, 4.69) is 4.74 Å². The maximum atomic E-state index is 11.6. The number of carbonyl (C=O) groups excluding carboxylic acids is 1. The lowest BCUT2D eigenvalue weighted by Crippen LogP contribution is -2.40. The maximum Gasteiger partial charge on any atom is 0.350 e. The highest BCUT2D eigenvalue weighted by Crippen LogP contribution is 2.45. The van der Waals surface area contributed by atoms with Gasteiger partial charge in [-0.25, -0.2) is 13.2 Å². The third-order valence-corrected chi connectivity index (χ3v) is 5.93. The van der Waals surface area contributed by atoms with Gasteiger partial charge in [-0.2, -0.15) is 0 Å². The van der Waals surface area contributed by atoms with Crippen molar-refractivity contribution in [2.45, 2.75) is 0 Å². The monoisotopic (exact) mass is 320 g/mol. The van der Waals surface area contributed by atoms with Gasteiger partial charge in [0.05, 0.1) is 25.7 Å². The summed E-state index contributed by atoms with van der Waals surface area (Å²) in [6.45, 7) is 0.721. The molecule has 0 unspecified atom stereocenters. The topological polar surface area (TPSA) is 98.9 Å². The molecule has 2 heterocycles. The minimum atomic E-state index is -2.97. The summed E-state index contributed by atoms with van der Waals surface area (Å²) in [6.07, 6.45) is 0. The Labute approximate surface area is 121 Å². The van der Waals surface area contributed by atoms with Gasteiger partial charge in [-0.05, 0) is 0 Å². The van der Waals surface area contributed by atoms with Gasteiger partial charge < -0.3 is 20.1 Å². The lowest BCUT2D eigenvalue weighted by molar-refractivity contribution is 0.0607. The van der Waals surface area contributed by atoms with Crippen LogP contribution in [0.25, 0.3) is 0 Å². The molecular formula is C11H16N2O5S2. The Morgan fingerprint density at radius 3 is 2.40 bits per heavy atom. The minimum Gasteiger partial charge on any atom is -0.492 e. The molecule has 112 valence electrons. The number of carbonyl (C=O) groups is 1. The normalized spacial score (nSPS) is 17.8. The van der Waals surface area contributed by atoms with Crippen molar-refractivity contribution in [3.63, 3.8) is 0 Å². The predicted molar refractivity (Wildman–Crippen MR) is 77.5 cm³/mol. The summed E-state index contributed by atoms with van der Waals surface area (Å²) in [6, 6.07) is 0. The van der Waals surface area contributed by atoms with Gasteiger partial charge in [-0.15, -0.1) is 11.3 Å². The molecule has 2 rings (SSSR count). The van der Waals surface area contributed by atoms with Gasteiger partial charge in [-0.1, -0.05) is 0 Å². The molecule has 0 amide bonds. The first-order valence-electron chi connectivity index (χ1n) is 5.89. The highest BCUT2D eigenvalue weighted by Gasteiger charge is 2.29. The SMILES string of the molecule is COC(=O)c1sc(N2CCS(=O)(=O)CC2)c(OC)c1N. The van der Waals surface area contributed by atoms with E-state index in [1.54, 1.807) is 0 Å². The third kappa shape index (κ3) is 2.68. The number of esters is 1. The number of nitrogen functional groups attached to an aromatic ring is 1. The summed E-state index contributed by atoms with van der Waals surface area (Å²) in [4.78, 5) is 13.8. The van der Waals surface area contributed by atoms with E-state index in [1.807, 2.05) is 4.90 Å². The molecule has 1 aromatic heterocycles. The van der Waals surface area contributed by atoms with Crippen LogP contribution in [0.4, 0.5) is 10.7 Å². The number of hydrogen-bond acceptors (Lipinski definition) is 8. The fourth-order valence-corrected chi connectivity index (χ4v) is 4.34. The van der Waals surface area contributed by atoms with Gasteiger partial charge in [-0.3, -0.25) is 0 Å². The molecular weight excluding hydrogens is 304 g/mol. The van der Waals surface area contributed by atoms with E-state index in [4.69, 9.17) is 10.5 Å². The van der Waals surface area contributed by atoms with Crippen molar-refractivity contribution in [2.24, 2.45) is 0 Å². The van der Waals surface area contributed by atoms with E-state index in [-0.39, 0.29) is 22.1 Å². The zero-order valence-corrected chi connectivity index (χ0v) is 12.8. The molecule has 0 spiro atoms. The second-order valence-electron chi connectivity index (χ2n) is 4.31. The van der Waals surface area contributed by atoms with Crippen LogP contribution in [0, 0.1) is 0 Å². The lowest BCUT2D eigenvalue weighted by atomic mass is 10.3. The molecule has 0 atom stereocenters. The van der Waals surface area contributed by atoms with Crippen LogP contribution in [0.15, 0.2) is 0 Å². The fraction of sp³-hybridized carbons (Fsp3) is 0.545. The van der Waals surface area contributed by atoms with Crippen LogP contribution in [0.5, 0.6) is 5.75 Å². The van der Waals surface area contributed by atoms with Crippen LogP contribution in [0.2, 0.25) is 0 Å². The van der Waals surface area contributed by atoms with Crippen LogP contribution >= 0.6 is 11.3 Å². The van der Waals surface area contributed by atoms with Gasteiger partial charge in [0.2, 0.25) is 0 Å². The van der Waals surface area contributed by atoms with Crippen LogP contribution in [-0.4, -0.2) is 53.2 Å². The van der Waals surface area contributed by atoms with Crippen LogP contribution < -0.4 is 15.4 Å². The number of nitrogens with zero attached hydrogens (tertiary/aromatic N) is 1. The Balaban J connectivity index is 2.35. The molecule has 0 aliphatic carbocycles. The van der Waals surface area contributed by atoms with E-state index in [1.165, 1.54) is 14.2 Å². The third-order valence-electron chi connectivity index (χ3n) is 3.09. The molecule has 1 aliphatic rings. The molecule has 0 saturated carbocycles. The summed E-state index contributed by atoms with van der Waals surface area (Å²) in [5, 5.41) is 0.667. The molecule has 0 radical (unpaired) electrons. The summed E-state index contributed by atoms with van der Waals surface area (Å²) < 4.78 is 32.8. The molecule has 9 heteroatoms. The highest BCUT2D eigenvalue weighted by molar-refractivity contribution is 7.91. The van der Waals surface area contributed by atoms with Crippen LogP contribution in [0.1, 0.15) is 9.67 Å². The van der Waals surface area contributed by atoms with Crippen LogP contribution in [-0.2, 0) is 14.6 Å². The second kappa shape index (κ2) is 5.49. The number of sulfone groups is 1. The summed E-state index contributed by atoms with van der Waals surface area (Å²) >= 11 is 1.16. The molecule has 20 heavy (non-hydrogen) atoms. The molecule has 1 aromatic rings. The Bertz CT molecular complexity index is 609. The van der Waals surface area contributed by atoms with E-state index in [0.29, 0.717) is 23.8 Å². The Hall–Kier alpha value is -1.48. The Kier molecular flexibility index (Phi) is 4.09. The summed E-state index contributed by atoms with van der Waals surface area (Å²) in [5.74, 6) is 0.0413. The molecule has 2 N–H and O–H groups in total. The Morgan fingerprint density at radius 1 is 1.30 bits per heavy atom. The number of nitrogens with two attached hydrogens (primary N) is 1. The second-order valence-corrected chi connectivity index (χ2v) is 7.62. The zero-order valence-electron chi connectivity index (χ0n) is 11.2. The number of hydrogen-bond donors (Lipinski definition) is 1. The molecule has 1 saturated heterocycles. The van der Waals surface area contributed by atoms with Crippen molar-refractivity contribution < 1.29 is 22.7 Å². The largest absolute Gasteiger partial charge is 0.492 e. The lowest BCUT2D eigenvalue weighted by Gasteiger charge is -2.27. The first-order chi connectivity index (χ1) is 9.39. The first kappa shape index (κ1) is 14.9. The van der Waals surface area contributed by atoms with Crippen molar-refractivity contribution in [1.29, 1.82) is 0 Å². The molecule has 0 aromatic carbocycles. The van der Waals surface area contributed by atoms with Gasteiger partial charge in [0.25, 0.3) is 0 Å². The van der Waals surface area contributed by atoms with Gasteiger partial charge >= 0.3 is 5.97 Å². The first-order valence-corrected chi connectivity index (χ1v) is 8.53. The predicted octanol–water partition coefficient (Wildman–Crippen LogP) is 0.360. The average molecular weight is 320 g/mol. The van der Waals surface area contributed by atoms with Gasteiger partial charge in [0.1, 0.15) is 15.6 Å². The zero-order chi connectivity index (χ0) is 14.9. The molecule has 1 aliphatic heterocycles. The summed E-state index contributed by atoms with van der Waals surface area (Å²) in [7, 11) is -0.227. The van der Waals surface area contributed by atoms with E-state index < -0.39 is 15.8 Å². The van der Waals surface area contributed by atoms with E-state index in [0.717, 1.165) is 11.3 Å². The van der Waals surface area contributed by atoms with Gasteiger partial charge in [0, 0.05) is 13.1 Å². The number of methoxy groups -OCH3 is 2. The molecule has 0 bridgehead atoms. The molecule has 1 fully saturated rings. The van der Waals surface area contributed by atoms with E-state index in [9.17, 15) is 13.2 Å². The highest BCUT2D eigenvalue weighted by atomic mass is 32.2. The van der Waals surface area contributed by atoms with Gasteiger partial charge in [0.15, 0.2) is 15.6 Å². The number of rotatable bonds is 3. The summed E-state index contributed by atoms with van der Waals surface area (Å²) in [5.41, 5.74) is 6.12. The number of ether oxygens (including phenoxy) is 2. The van der Waals surface area contributed by atoms with E-state index >= 15 is 0 Å². The maximum absolute atomic E-state index is 11.6. The van der Waals surface area contributed by atoms with Crippen molar-refractivity contribution in [3.8, 4) is 5.75 Å². The Morgan fingerprint density at radius 2 is 1.90 bits per heavy atom. The van der Waals surface area contributed by atoms with Crippen molar-refractivity contribution in [3.05, 3.63) is 4.88 Å². The average Bonchev–Trinajstić information content (AvgIpc) is 2.75. The number of thiophene rings is 1. The standard InChI is InChI=1S/C11H16N2O5S2/c1-17-8-7(12)9(11(14)18-2)19-10(8)13-3-5-20(15,16)6-4-13/h3-6,12H2,1-2H3. The number of anilines is 2.